The van der Waals surface area contributed by atoms with Gasteiger partial charge < -0.3 is 5.73 Å². The average molecular weight is 312 g/mol. The third kappa shape index (κ3) is 1.63. The molecule has 0 heterocycles. The number of nitrogens with two attached hydrogens (primary N) is 1. The van der Waals surface area contributed by atoms with Crippen molar-refractivity contribution in [1.82, 2.24) is 0 Å². The van der Waals surface area contributed by atoms with Gasteiger partial charge in [-0.1, -0.05) is 15.9 Å². The van der Waals surface area contributed by atoms with Gasteiger partial charge in [0.15, 0.2) is 0 Å². The second kappa shape index (κ2) is 3.09. The van der Waals surface area contributed by atoms with Crippen molar-refractivity contribution in [3.63, 3.8) is 0 Å². The van der Waals surface area contributed by atoms with Crippen molar-refractivity contribution in [1.29, 1.82) is 0 Å². The summed E-state index contributed by atoms with van der Waals surface area (Å²) in [6.07, 6.45) is 0. The first kappa shape index (κ1) is 8.33. The van der Waals surface area contributed by atoms with Crippen LogP contribution in [0.25, 0.3) is 0 Å². The van der Waals surface area contributed by atoms with E-state index in [4.69, 9.17) is 5.73 Å². The SMILES string of the molecule is Cc1cc(N)c(I)cc1Br. The molecule has 0 bridgehead atoms. The molecular weight excluding hydrogens is 305 g/mol. The van der Waals surface area contributed by atoms with Gasteiger partial charge in [0, 0.05) is 13.7 Å². The summed E-state index contributed by atoms with van der Waals surface area (Å²) >= 11 is 5.63. The monoisotopic (exact) mass is 311 g/mol. The molecule has 0 aliphatic heterocycles. The number of halogens is 2. The maximum atomic E-state index is 5.66. The molecule has 1 rings (SSSR count). The lowest BCUT2D eigenvalue weighted by Gasteiger charge is -2.01. The van der Waals surface area contributed by atoms with Crippen LogP contribution in [-0.4, -0.2) is 0 Å². The summed E-state index contributed by atoms with van der Waals surface area (Å²) in [6.45, 7) is 2.02. The fraction of sp³-hybridized carbons (Fsp3) is 0.143. The minimum atomic E-state index is 0.848. The molecule has 0 aliphatic carbocycles. The molecule has 0 fully saturated rings. The van der Waals surface area contributed by atoms with Crippen LogP contribution in [0.5, 0.6) is 0 Å². The molecule has 0 saturated carbocycles. The summed E-state index contributed by atoms with van der Waals surface area (Å²) in [6, 6.07) is 3.98. The summed E-state index contributed by atoms with van der Waals surface area (Å²) in [5, 5.41) is 0. The van der Waals surface area contributed by atoms with E-state index in [1.807, 2.05) is 19.1 Å². The first-order chi connectivity index (χ1) is 4.61. The van der Waals surface area contributed by atoms with Crippen molar-refractivity contribution < 1.29 is 0 Å². The first-order valence-electron chi connectivity index (χ1n) is 2.82. The van der Waals surface area contributed by atoms with Gasteiger partial charge in [-0.15, -0.1) is 0 Å². The molecular formula is C7H7BrIN. The molecule has 1 nitrogen and oxygen atoms in total. The van der Waals surface area contributed by atoms with Crippen LogP contribution in [0.15, 0.2) is 16.6 Å². The molecule has 0 radical (unpaired) electrons. The van der Waals surface area contributed by atoms with E-state index in [0.29, 0.717) is 0 Å². The van der Waals surface area contributed by atoms with Gasteiger partial charge in [0.05, 0.1) is 0 Å². The zero-order valence-electron chi connectivity index (χ0n) is 5.49. The first-order valence-corrected chi connectivity index (χ1v) is 4.69. The second-order valence-electron chi connectivity index (χ2n) is 2.12. The van der Waals surface area contributed by atoms with Gasteiger partial charge in [0.1, 0.15) is 0 Å². The largest absolute Gasteiger partial charge is 0.398 e. The molecule has 0 atom stereocenters. The van der Waals surface area contributed by atoms with Crippen LogP contribution in [-0.2, 0) is 0 Å². The van der Waals surface area contributed by atoms with Crippen LogP contribution in [0.3, 0.4) is 0 Å². The van der Waals surface area contributed by atoms with E-state index in [9.17, 15) is 0 Å². The smallest absolute Gasteiger partial charge is 0.0453 e. The van der Waals surface area contributed by atoms with E-state index in [-0.39, 0.29) is 0 Å². The zero-order chi connectivity index (χ0) is 7.72. The van der Waals surface area contributed by atoms with Gasteiger partial charge >= 0.3 is 0 Å². The van der Waals surface area contributed by atoms with Gasteiger partial charge in [0.2, 0.25) is 0 Å². The van der Waals surface area contributed by atoms with E-state index >= 15 is 0 Å². The molecule has 1 aromatic rings. The van der Waals surface area contributed by atoms with Crippen LogP contribution in [0.4, 0.5) is 5.69 Å². The van der Waals surface area contributed by atoms with Crippen molar-refractivity contribution in [3.05, 3.63) is 25.7 Å². The van der Waals surface area contributed by atoms with Gasteiger partial charge in [0.25, 0.3) is 0 Å². The Hall–Kier alpha value is 0.230. The van der Waals surface area contributed by atoms with E-state index in [1.165, 1.54) is 5.56 Å². The van der Waals surface area contributed by atoms with E-state index < -0.39 is 0 Å². The summed E-state index contributed by atoms with van der Waals surface area (Å²) in [5.74, 6) is 0. The lowest BCUT2D eigenvalue weighted by Crippen LogP contribution is -1.90. The molecule has 54 valence electrons. The number of rotatable bonds is 0. The standard InChI is InChI=1S/C7H7BrIN/c1-4-2-7(10)6(9)3-5(4)8/h2-3H,10H2,1H3. The maximum Gasteiger partial charge on any atom is 0.0453 e. The third-order valence-electron chi connectivity index (χ3n) is 1.28. The lowest BCUT2D eigenvalue weighted by atomic mass is 10.2. The lowest BCUT2D eigenvalue weighted by molar-refractivity contribution is 1.42. The third-order valence-corrected chi connectivity index (χ3v) is 3.07. The number of hydrogen-bond acceptors (Lipinski definition) is 1. The summed E-state index contributed by atoms with van der Waals surface area (Å²) in [5.41, 5.74) is 7.69. The van der Waals surface area contributed by atoms with Crippen molar-refractivity contribution in [2.45, 2.75) is 6.92 Å². The Morgan fingerprint density at radius 1 is 1.50 bits per heavy atom. The number of nitrogen functional groups attached to an aromatic ring is 1. The maximum absolute atomic E-state index is 5.66. The van der Waals surface area contributed by atoms with Gasteiger partial charge in [-0.25, -0.2) is 0 Å². The van der Waals surface area contributed by atoms with Crippen molar-refractivity contribution in [3.8, 4) is 0 Å². The summed E-state index contributed by atoms with van der Waals surface area (Å²) in [4.78, 5) is 0. The molecule has 3 heteroatoms. The Kier molecular flexibility index (Phi) is 2.57. The van der Waals surface area contributed by atoms with Crippen LogP contribution >= 0.6 is 38.5 Å². The number of hydrogen-bond donors (Lipinski definition) is 1. The Bertz CT molecular complexity index is 210. The highest BCUT2D eigenvalue weighted by atomic mass is 127. The van der Waals surface area contributed by atoms with Crippen LogP contribution in [0, 0.1) is 10.5 Å². The van der Waals surface area contributed by atoms with Crippen molar-refractivity contribution in [2.75, 3.05) is 5.73 Å². The minimum Gasteiger partial charge on any atom is -0.398 e. The highest BCUT2D eigenvalue weighted by Gasteiger charge is 1.98. The van der Waals surface area contributed by atoms with Gasteiger partial charge in [-0.2, -0.15) is 0 Å². The van der Waals surface area contributed by atoms with Gasteiger partial charge in [-0.3, -0.25) is 0 Å². The molecule has 0 amide bonds. The molecule has 0 saturated heterocycles. The molecule has 0 unspecified atom stereocenters. The van der Waals surface area contributed by atoms with Crippen LogP contribution in [0.2, 0.25) is 0 Å². The Balaban J connectivity index is 3.28. The highest BCUT2D eigenvalue weighted by Crippen LogP contribution is 2.23. The van der Waals surface area contributed by atoms with E-state index in [2.05, 4.69) is 38.5 Å². The topological polar surface area (TPSA) is 26.0 Å². The van der Waals surface area contributed by atoms with E-state index in [0.717, 1.165) is 13.7 Å². The fourth-order valence-electron chi connectivity index (χ4n) is 0.680. The van der Waals surface area contributed by atoms with Crippen molar-refractivity contribution in [2.24, 2.45) is 0 Å². The molecule has 1 aromatic carbocycles. The quantitative estimate of drug-likeness (QED) is 0.578. The van der Waals surface area contributed by atoms with Gasteiger partial charge in [-0.05, 0) is 47.2 Å². The summed E-state index contributed by atoms with van der Waals surface area (Å²) in [7, 11) is 0. The normalized spacial score (nSPS) is 9.90. The molecule has 0 spiro atoms. The Morgan fingerprint density at radius 3 is 2.60 bits per heavy atom. The number of anilines is 1. The Morgan fingerprint density at radius 2 is 2.10 bits per heavy atom. The van der Waals surface area contributed by atoms with E-state index in [1.54, 1.807) is 0 Å². The molecule has 0 aromatic heterocycles. The number of benzene rings is 1. The minimum absolute atomic E-state index is 0.848. The predicted octanol–water partition coefficient (Wildman–Crippen LogP) is 2.94. The molecule has 0 aliphatic rings. The predicted molar refractivity (Wildman–Crippen MR) is 56.0 cm³/mol. The fourth-order valence-corrected chi connectivity index (χ4v) is 1.92. The second-order valence-corrected chi connectivity index (χ2v) is 4.14. The Labute approximate surface area is 82.3 Å². The van der Waals surface area contributed by atoms with Crippen molar-refractivity contribution >= 4 is 44.2 Å². The number of aryl methyl sites for hydroxylation is 1. The van der Waals surface area contributed by atoms with Crippen LogP contribution < -0.4 is 5.73 Å². The zero-order valence-corrected chi connectivity index (χ0v) is 9.23. The molecule has 2 N–H and O–H groups in total. The molecule has 10 heavy (non-hydrogen) atoms. The highest BCUT2D eigenvalue weighted by molar-refractivity contribution is 14.1. The summed E-state index contributed by atoms with van der Waals surface area (Å²) < 4.78 is 2.21. The average Bonchev–Trinajstić information content (AvgIpc) is 1.84. The van der Waals surface area contributed by atoms with Crippen LogP contribution in [0.1, 0.15) is 5.56 Å².